The monoisotopic (exact) mass is 1010 g/mol. The average Bonchev–Trinajstić information content (AvgIpc) is 3.39. The Labute approximate surface area is 450 Å². The first-order chi connectivity index (χ1) is 36.0. The zero-order chi connectivity index (χ0) is 52.9. The van der Waals surface area contributed by atoms with Crippen molar-refractivity contribution in [3.05, 3.63) is 122 Å². The molecule has 414 valence electrons. The van der Waals surface area contributed by atoms with E-state index in [9.17, 15) is 14.4 Å². The number of hydrogen-bond donors (Lipinski definition) is 0. The minimum absolute atomic E-state index is 0.110. The number of rotatable bonds is 53. The summed E-state index contributed by atoms with van der Waals surface area (Å²) < 4.78 is 16.8. The topological polar surface area (TPSA) is 78.9 Å². The van der Waals surface area contributed by atoms with E-state index >= 15 is 0 Å². The molecule has 0 saturated carbocycles. The fourth-order valence-corrected chi connectivity index (χ4v) is 7.93. The van der Waals surface area contributed by atoms with Gasteiger partial charge in [0.1, 0.15) is 13.2 Å². The number of ether oxygens (including phenoxy) is 3. The molecule has 0 fully saturated rings. The van der Waals surface area contributed by atoms with E-state index in [0.717, 1.165) is 122 Å². The highest BCUT2D eigenvalue weighted by Gasteiger charge is 2.19. The Morgan fingerprint density at radius 1 is 0.288 bits per heavy atom. The summed E-state index contributed by atoms with van der Waals surface area (Å²) in [5.74, 6) is -0.988. The quantitative estimate of drug-likeness (QED) is 0.0261. The highest BCUT2D eigenvalue weighted by Crippen LogP contribution is 2.14. The van der Waals surface area contributed by atoms with Crippen LogP contribution < -0.4 is 0 Å². The van der Waals surface area contributed by atoms with Crippen molar-refractivity contribution in [3.63, 3.8) is 0 Å². The van der Waals surface area contributed by atoms with Crippen molar-refractivity contribution in [2.45, 2.75) is 271 Å². The van der Waals surface area contributed by atoms with E-state index in [0.29, 0.717) is 19.3 Å². The summed E-state index contributed by atoms with van der Waals surface area (Å²) in [6.07, 6.45) is 83.5. The molecule has 73 heavy (non-hydrogen) atoms. The van der Waals surface area contributed by atoms with Crippen molar-refractivity contribution >= 4 is 17.9 Å². The maximum absolute atomic E-state index is 12.8. The van der Waals surface area contributed by atoms with Gasteiger partial charge in [-0.3, -0.25) is 14.4 Å². The highest BCUT2D eigenvalue weighted by atomic mass is 16.6. The van der Waals surface area contributed by atoms with Crippen LogP contribution in [0, 0.1) is 0 Å². The second-order valence-electron chi connectivity index (χ2n) is 19.5. The zero-order valence-corrected chi connectivity index (χ0v) is 47.4. The molecule has 0 aromatic rings. The molecule has 0 radical (unpaired) electrons. The molecular weight excluding hydrogens is 901 g/mol. The van der Waals surface area contributed by atoms with Crippen LogP contribution in [0.4, 0.5) is 0 Å². The van der Waals surface area contributed by atoms with Gasteiger partial charge in [-0.2, -0.15) is 0 Å². The fraction of sp³-hybridized carbons (Fsp3) is 0.657. The molecule has 1 unspecified atom stereocenters. The minimum Gasteiger partial charge on any atom is -0.462 e. The van der Waals surface area contributed by atoms with E-state index in [2.05, 4.69) is 142 Å². The van der Waals surface area contributed by atoms with Crippen LogP contribution in [-0.2, 0) is 28.6 Å². The number of hydrogen-bond acceptors (Lipinski definition) is 6. The Morgan fingerprint density at radius 3 is 0.932 bits per heavy atom. The van der Waals surface area contributed by atoms with E-state index in [1.807, 2.05) is 0 Å². The fourth-order valence-electron chi connectivity index (χ4n) is 7.93. The van der Waals surface area contributed by atoms with E-state index in [4.69, 9.17) is 14.2 Å². The maximum Gasteiger partial charge on any atom is 0.306 e. The number of carbonyl (C=O) groups is 3. The van der Waals surface area contributed by atoms with Crippen molar-refractivity contribution < 1.29 is 28.6 Å². The standard InChI is InChI=1S/C67H110O6/c1-4-7-10-13-16-19-22-25-27-29-30-31-32-33-34-35-36-38-39-42-45-48-51-54-57-60-66(69)72-63-64(62-71-65(68)59-56-53-50-47-44-41-24-21-18-15-12-9-6-3)73-67(70)61-58-55-52-49-46-43-40-37-28-26-23-20-17-14-11-8-5-2/h8,11-12,15,17,20-22,24-26,28-30,32-33,40,43,49,52,64H,4-7,9-10,13-14,16,18-19,23,27,31,34-39,41-42,44-48,50-51,53-63H2,1-3H3/b11-8-,15-12-,20-17-,24-21-,25-22-,28-26-,30-29-,33-32-,43-40-,52-49-. The first-order valence-electron chi connectivity index (χ1n) is 30.0. The van der Waals surface area contributed by atoms with Gasteiger partial charge in [0, 0.05) is 19.3 Å². The van der Waals surface area contributed by atoms with Crippen molar-refractivity contribution in [2.24, 2.45) is 0 Å². The molecular formula is C67H110O6. The predicted octanol–water partition coefficient (Wildman–Crippen LogP) is 20.4. The normalized spacial score (nSPS) is 13.0. The van der Waals surface area contributed by atoms with Gasteiger partial charge in [-0.25, -0.2) is 0 Å². The summed E-state index contributed by atoms with van der Waals surface area (Å²) in [4.78, 5) is 38.2. The van der Waals surface area contributed by atoms with Crippen molar-refractivity contribution in [2.75, 3.05) is 13.2 Å². The highest BCUT2D eigenvalue weighted by molar-refractivity contribution is 5.71. The molecule has 0 aliphatic carbocycles. The largest absolute Gasteiger partial charge is 0.462 e. The first-order valence-corrected chi connectivity index (χ1v) is 30.0. The number of esters is 3. The van der Waals surface area contributed by atoms with Crippen molar-refractivity contribution in [3.8, 4) is 0 Å². The minimum atomic E-state index is -0.819. The molecule has 0 heterocycles. The zero-order valence-electron chi connectivity index (χ0n) is 47.4. The Kier molecular flexibility index (Phi) is 56.9. The summed E-state index contributed by atoms with van der Waals surface area (Å²) >= 11 is 0. The van der Waals surface area contributed by atoms with E-state index < -0.39 is 6.10 Å². The van der Waals surface area contributed by atoms with Crippen LogP contribution in [0.5, 0.6) is 0 Å². The van der Waals surface area contributed by atoms with Gasteiger partial charge in [0.25, 0.3) is 0 Å². The molecule has 0 saturated heterocycles. The van der Waals surface area contributed by atoms with Crippen LogP contribution in [0.25, 0.3) is 0 Å². The van der Waals surface area contributed by atoms with Crippen LogP contribution in [0.1, 0.15) is 265 Å². The Balaban J connectivity index is 4.41. The molecule has 0 aromatic heterocycles. The Bertz CT molecular complexity index is 1540. The average molecular weight is 1010 g/mol. The molecule has 1 atom stereocenters. The van der Waals surface area contributed by atoms with Crippen LogP contribution in [0.15, 0.2) is 122 Å². The number of allylic oxidation sites excluding steroid dienone is 20. The Morgan fingerprint density at radius 2 is 0.575 bits per heavy atom. The lowest BCUT2D eigenvalue weighted by atomic mass is 10.1. The van der Waals surface area contributed by atoms with Gasteiger partial charge in [-0.15, -0.1) is 0 Å². The molecule has 0 aromatic carbocycles. The molecule has 0 amide bonds. The molecule has 6 heteroatoms. The van der Waals surface area contributed by atoms with Crippen molar-refractivity contribution in [1.29, 1.82) is 0 Å². The van der Waals surface area contributed by atoms with E-state index in [1.165, 1.54) is 96.3 Å². The van der Waals surface area contributed by atoms with Gasteiger partial charge in [-0.1, -0.05) is 245 Å². The molecule has 0 aliphatic rings. The van der Waals surface area contributed by atoms with Gasteiger partial charge < -0.3 is 14.2 Å². The van der Waals surface area contributed by atoms with Gasteiger partial charge >= 0.3 is 17.9 Å². The van der Waals surface area contributed by atoms with E-state index in [-0.39, 0.29) is 37.5 Å². The summed E-state index contributed by atoms with van der Waals surface area (Å²) in [7, 11) is 0. The second-order valence-corrected chi connectivity index (χ2v) is 19.5. The lowest BCUT2D eigenvalue weighted by molar-refractivity contribution is -0.167. The Hall–Kier alpha value is -4.19. The molecule has 0 spiro atoms. The van der Waals surface area contributed by atoms with Crippen LogP contribution in [0.3, 0.4) is 0 Å². The van der Waals surface area contributed by atoms with Gasteiger partial charge in [0.05, 0.1) is 0 Å². The summed E-state index contributed by atoms with van der Waals surface area (Å²) in [5.41, 5.74) is 0. The SMILES string of the molecule is CC/C=C\C/C=C\C/C=C\C/C=C\C/C=C\CCCC(=O)OC(COC(=O)CCCCCCC/C=C\C/C=C\CCC)COC(=O)CCCCCCCCCCCC/C=C\C/C=C\C/C=C\CCCCCCC. The van der Waals surface area contributed by atoms with Gasteiger partial charge in [0.2, 0.25) is 0 Å². The smallest absolute Gasteiger partial charge is 0.306 e. The van der Waals surface area contributed by atoms with Crippen molar-refractivity contribution in [1.82, 2.24) is 0 Å². The molecule has 0 N–H and O–H groups in total. The van der Waals surface area contributed by atoms with Crippen LogP contribution >= 0.6 is 0 Å². The molecule has 6 nitrogen and oxygen atoms in total. The summed E-state index contributed by atoms with van der Waals surface area (Å²) in [5, 5.41) is 0. The lowest BCUT2D eigenvalue weighted by Gasteiger charge is -2.18. The molecule has 0 aliphatic heterocycles. The lowest BCUT2D eigenvalue weighted by Crippen LogP contribution is -2.30. The summed E-state index contributed by atoms with van der Waals surface area (Å²) in [6, 6.07) is 0. The third-order valence-electron chi connectivity index (χ3n) is 12.4. The van der Waals surface area contributed by atoms with Gasteiger partial charge in [0.15, 0.2) is 6.10 Å². The summed E-state index contributed by atoms with van der Waals surface area (Å²) in [6.45, 7) is 6.39. The third kappa shape index (κ3) is 58.6. The second kappa shape index (κ2) is 60.4. The number of unbranched alkanes of at least 4 members (excludes halogenated alkanes) is 22. The number of carbonyl (C=O) groups excluding carboxylic acids is 3. The molecule has 0 rings (SSSR count). The molecule has 0 bridgehead atoms. The van der Waals surface area contributed by atoms with E-state index in [1.54, 1.807) is 0 Å². The predicted molar refractivity (Wildman–Crippen MR) is 316 cm³/mol. The van der Waals surface area contributed by atoms with Crippen LogP contribution in [-0.4, -0.2) is 37.2 Å². The maximum atomic E-state index is 12.8. The van der Waals surface area contributed by atoms with Gasteiger partial charge in [-0.05, 0) is 122 Å². The first kappa shape index (κ1) is 68.8. The van der Waals surface area contributed by atoms with Crippen LogP contribution in [0.2, 0.25) is 0 Å². The third-order valence-corrected chi connectivity index (χ3v) is 12.4.